The number of rotatable bonds is 3. The molecule has 0 fully saturated rings. The number of nitrogens with one attached hydrogen (secondary N) is 1. The SMILES string of the molecule is CNCc1nnc(C(=O)OC)s1. The monoisotopic (exact) mass is 187 g/mol. The first-order valence-electron chi connectivity index (χ1n) is 3.33. The van der Waals surface area contributed by atoms with Gasteiger partial charge in [-0.2, -0.15) is 0 Å². The zero-order chi connectivity index (χ0) is 8.97. The highest BCUT2D eigenvalue weighted by Gasteiger charge is 2.11. The van der Waals surface area contributed by atoms with E-state index in [1.807, 2.05) is 0 Å². The lowest BCUT2D eigenvalue weighted by atomic mass is 10.7. The van der Waals surface area contributed by atoms with Gasteiger partial charge in [0, 0.05) is 6.54 Å². The standard InChI is InChI=1S/C6H9N3O2S/c1-7-3-4-8-9-5(12-4)6(10)11-2/h7H,3H2,1-2H3. The van der Waals surface area contributed by atoms with Gasteiger partial charge in [0.05, 0.1) is 7.11 Å². The van der Waals surface area contributed by atoms with Gasteiger partial charge in [0.1, 0.15) is 5.01 Å². The molecule has 0 bridgehead atoms. The molecule has 0 atom stereocenters. The lowest BCUT2D eigenvalue weighted by Crippen LogP contribution is -2.04. The molecule has 1 aromatic rings. The highest BCUT2D eigenvalue weighted by Crippen LogP contribution is 2.09. The Balaban J connectivity index is 2.70. The Morgan fingerprint density at radius 2 is 2.42 bits per heavy atom. The third kappa shape index (κ3) is 1.99. The molecule has 0 saturated heterocycles. The first-order valence-corrected chi connectivity index (χ1v) is 4.15. The van der Waals surface area contributed by atoms with E-state index in [0.29, 0.717) is 11.6 Å². The molecule has 0 saturated carbocycles. The molecule has 6 heteroatoms. The molecule has 12 heavy (non-hydrogen) atoms. The summed E-state index contributed by atoms with van der Waals surface area (Å²) in [6.07, 6.45) is 0. The average Bonchev–Trinajstić information content (AvgIpc) is 2.52. The molecule has 66 valence electrons. The maximum absolute atomic E-state index is 10.9. The van der Waals surface area contributed by atoms with Crippen molar-refractivity contribution >= 4 is 17.3 Å². The fraction of sp³-hybridized carbons (Fsp3) is 0.500. The lowest BCUT2D eigenvalue weighted by Gasteiger charge is -1.89. The predicted molar refractivity (Wildman–Crippen MR) is 44.0 cm³/mol. The Kier molecular flexibility index (Phi) is 3.12. The predicted octanol–water partition coefficient (Wildman–Crippen LogP) is 0.0441. The Hall–Kier alpha value is -1.01. The van der Waals surface area contributed by atoms with E-state index in [0.717, 1.165) is 5.01 Å². The molecule has 0 aliphatic heterocycles. The van der Waals surface area contributed by atoms with Crippen LogP contribution in [0.1, 0.15) is 14.8 Å². The summed E-state index contributed by atoms with van der Waals surface area (Å²) in [5, 5.41) is 11.4. The number of carbonyl (C=O) groups excluding carboxylic acids is 1. The third-order valence-corrected chi connectivity index (χ3v) is 2.06. The van der Waals surface area contributed by atoms with Crippen LogP contribution in [0.15, 0.2) is 0 Å². The minimum atomic E-state index is -0.435. The van der Waals surface area contributed by atoms with E-state index in [2.05, 4.69) is 20.3 Å². The van der Waals surface area contributed by atoms with Gasteiger partial charge < -0.3 is 10.1 Å². The summed E-state index contributed by atoms with van der Waals surface area (Å²) in [5.74, 6) is -0.435. The molecule has 0 spiro atoms. The number of nitrogens with zero attached hydrogens (tertiary/aromatic N) is 2. The number of hydrogen-bond acceptors (Lipinski definition) is 6. The molecule has 0 aromatic carbocycles. The van der Waals surface area contributed by atoms with Gasteiger partial charge in [-0.05, 0) is 7.05 Å². The molecule has 1 heterocycles. The van der Waals surface area contributed by atoms with Crippen molar-refractivity contribution in [1.29, 1.82) is 0 Å². The molecular formula is C6H9N3O2S. The minimum Gasteiger partial charge on any atom is -0.464 e. The quantitative estimate of drug-likeness (QED) is 0.677. The van der Waals surface area contributed by atoms with Gasteiger partial charge in [0.25, 0.3) is 0 Å². The van der Waals surface area contributed by atoms with Crippen molar-refractivity contribution in [1.82, 2.24) is 15.5 Å². The van der Waals surface area contributed by atoms with Gasteiger partial charge in [0.2, 0.25) is 5.01 Å². The Bertz CT molecular complexity index is 274. The van der Waals surface area contributed by atoms with Crippen LogP contribution >= 0.6 is 11.3 Å². The van der Waals surface area contributed by atoms with Crippen LogP contribution in [0.4, 0.5) is 0 Å². The second-order valence-corrected chi connectivity index (χ2v) is 3.08. The van der Waals surface area contributed by atoms with Crippen LogP contribution in [0.3, 0.4) is 0 Å². The van der Waals surface area contributed by atoms with Gasteiger partial charge in [-0.25, -0.2) is 4.79 Å². The number of carbonyl (C=O) groups is 1. The van der Waals surface area contributed by atoms with Gasteiger partial charge in [-0.1, -0.05) is 11.3 Å². The topological polar surface area (TPSA) is 64.1 Å². The Morgan fingerprint density at radius 3 is 3.00 bits per heavy atom. The van der Waals surface area contributed by atoms with Gasteiger partial charge in [-0.3, -0.25) is 0 Å². The molecule has 0 aliphatic rings. The van der Waals surface area contributed by atoms with Crippen LogP contribution in [0, 0.1) is 0 Å². The van der Waals surface area contributed by atoms with Crippen molar-refractivity contribution < 1.29 is 9.53 Å². The van der Waals surface area contributed by atoms with Crippen LogP contribution in [-0.4, -0.2) is 30.3 Å². The zero-order valence-electron chi connectivity index (χ0n) is 6.83. The number of aromatic nitrogens is 2. The highest BCUT2D eigenvalue weighted by molar-refractivity contribution is 7.13. The summed E-state index contributed by atoms with van der Waals surface area (Å²) in [6, 6.07) is 0. The number of methoxy groups -OCH3 is 1. The maximum atomic E-state index is 10.9. The largest absolute Gasteiger partial charge is 0.464 e. The first kappa shape index (κ1) is 9.08. The molecule has 1 aromatic heterocycles. The molecule has 0 aliphatic carbocycles. The summed E-state index contributed by atoms with van der Waals surface area (Å²) in [6.45, 7) is 0.620. The maximum Gasteiger partial charge on any atom is 0.369 e. The van der Waals surface area contributed by atoms with Crippen LogP contribution in [0.2, 0.25) is 0 Å². The summed E-state index contributed by atoms with van der Waals surface area (Å²) in [4.78, 5) is 10.9. The van der Waals surface area contributed by atoms with Crippen LogP contribution in [-0.2, 0) is 11.3 Å². The molecule has 1 N–H and O–H groups in total. The summed E-state index contributed by atoms with van der Waals surface area (Å²) >= 11 is 1.23. The number of esters is 1. The minimum absolute atomic E-state index is 0.294. The second kappa shape index (κ2) is 4.13. The van der Waals surface area contributed by atoms with E-state index in [1.165, 1.54) is 18.4 Å². The van der Waals surface area contributed by atoms with Crippen molar-refractivity contribution in [3.8, 4) is 0 Å². The van der Waals surface area contributed by atoms with Gasteiger partial charge in [0.15, 0.2) is 0 Å². The highest BCUT2D eigenvalue weighted by atomic mass is 32.1. The van der Waals surface area contributed by atoms with E-state index in [4.69, 9.17) is 0 Å². The van der Waals surface area contributed by atoms with Crippen molar-refractivity contribution in [2.45, 2.75) is 6.54 Å². The fourth-order valence-corrected chi connectivity index (χ4v) is 1.42. The van der Waals surface area contributed by atoms with Gasteiger partial charge >= 0.3 is 5.97 Å². The molecular weight excluding hydrogens is 178 g/mol. The Morgan fingerprint density at radius 1 is 1.67 bits per heavy atom. The van der Waals surface area contributed by atoms with Gasteiger partial charge in [-0.15, -0.1) is 10.2 Å². The van der Waals surface area contributed by atoms with E-state index in [9.17, 15) is 4.79 Å². The number of hydrogen-bond donors (Lipinski definition) is 1. The Labute approximate surface area is 73.8 Å². The molecule has 0 unspecified atom stereocenters. The van der Waals surface area contributed by atoms with Crippen LogP contribution in [0.5, 0.6) is 0 Å². The number of ether oxygens (including phenoxy) is 1. The zero-order valence-corrected chi connectivity index (χ0v) is 7.64. The summed E-state index contributed by atoms with van der Waals surface area (Å²) in [7, 11) is 3.13. The van der Waals surface area contributed by atoms with Crippen molar-refractivity contribution in [3.05, 3.63) is 10.0 Å². The normalized spacial score (nSPS) is 9.83. The smallest absolute Gasteiger partial charge is 0.369 e. The van der Waals surface area contributed by atoms with Crippen LogP contribution in [0.25, 0.3) is 0 Å². The van der Waals surface area contributed by atoms with E-state index in [-0.39, 0.29) is 0 Å². The van der Waals surface area contributed by atoms with E-state index < -0.39 is 5.97 Å². The van der Waals surface area contributed by atoms with E-state index in [1.54, 1.807) is 7.05 Å². The average molecular weight is 187 g/mol. The van der Waals surface area contributed by atoms with Crippen molar-refractivity contribution in [3.63, 3.8) is 0 Å². The van der Waals surface area contributed by atoms with E-state index >= 15 is 0 Å². The first-order chi connectivity index (χ1) is 5.77. The summed E-state index contributed by atoms with van der Waals surface area (Å²) < 4.78 is 4.48. The van der Waals surface area contributed by atoms with Crippen molar-refractivity contribution in [2.75, 3.05) is 14.2 Å². The molecule has 0 radical (unpaired) electrons. The van der Waals surface area contributed by atoms with Crippen LogP contribution < -0.4 is 5.32 Å². The third-order valence-electron chi connectivity index (χ3n) is 1.15. The summed E-state index contributed by atoms with van der Waals surface area (Å²) in [5.41, 5.74) is 0. The lowest BCUT2D eigenvalue weighted by molar-refractivity contribution is 0.0599. The molecule has 1 rings (SSSR count). The second-order valence-electron chi connectivity index (χ2n) is 2.02. The fourth-order valence-electron chi connectivity index (χ4n) is 0.646. The molecule has 0 amide bonds. The van der Waals surface area contributed by atoms with Crippen molar-refractivity contribution in [2.24, 2.45) is 0 Å². The molecule has 5 nitrogen and oxygen atoms in total.